The van der Waals surface area contributed by atoms with E-state index in [9.17, 15) is 8.42 Å². The van der Waals surface area contributed by atoms with Gasteiger partial charge < -0.3 is 19.3 Å². The van der Waals surface area contributed by atoms with Gasteiger partial charge in [0, 0.05) is 49.5 Å². The highest BCUT2D eigenvalue weighted by atomic mass is 32.2. The van der Waals surface area contributed by atoms with Crippen molar-refractivity contribution in [2.75, 3.05) is 56.0 Å². The fourth-order valence-corrected chi connectivity index (χ4v) is 5.41. The number of methoxy groups -OCH3 is 1. The van der Waals surface area contributed by atoms with Crippen molar-refractivity contribution in [3.05, 3.63) is 46.5 Å². The Morgan fingerprint density at radius 1 is 0.970 bits per heavy atom. The Kier molecular flexibility index (Phi) is 6.26. The van der Waals surface area contributed by atoms with E-state index in [-0.39, 0.29) is 6.61 Å². The minimum atomic E-state index is -3.52. The van der Waals surface area contributed by atoms with Crippen molar-refractivity contribution in [1.82, 2.24) is 0 Å². The molecule has 2 aromatic rings. The van der Waals surface area contributed by atoms with E-state index in [2.05, 4.69) is 42.7 Å². The quantitative estimate of drug-likeness (QED) is 0.593. The maximum atomic E-state index is 11.5. The zero-order chi connectivity index (χ0) is 24.0. The molecule has 0 amide bonds. The molecule has 1 unspecified atom stereocenters. The van der Waals surface area contributed by atoms with Gasteiger partial charge in [-0.3, -0.25) is 4.18 Å². The largest absolute Gasteiger partial charge is 0.497 e. The third-order valence-corrected chi connectivity index (χ3v) is 7.40. The van der Waals surface area contributed by atoms with Crippen LogP contribution in [-0.4, -0.2) is 60.2 Å². The summed E-state index contributed by atoms with van der Waals surface area (Å²) >= 11 is 0. The summed E-state index contributed by atoms with van der Waals surface area (Å²) in [7, 11) is -1.84. The normalized spacial score (nSPS) is 20.5. The Balaban J connectivity index is 1.53. The van der Waals surface area contributed by atoms with Crippen molar-refractivity contribution in [2.24, 2.45) is 0 Å². The standard InChI is InChI=1S/C25H34N2O5S/c1-17-18(2)24-22(15-25(4,32-24)16-31-33(6,28)29)19(3)23(17)27-13-11-26(12-14-27)20-7-9-21(30-5)10-8-20/h7-10H,11-16H2,1-6H3. The van der Waals surface area contributed by atoms with E-state index in [4.69, 9.17) is 13.7 Å². The number of nitrogens with zero attached hydrogens (tertiary/aromatic N) is 2. The van der Waals surface area contributed by atoms with Gasteiger partial charge in [-0.1, -0.05) is 0 Å². The van der Waals surface area contributed by atoms with Crippen molar-refractivity contribution < 1.29 is 22.1 Å². The van der Waals surface area contributed by atoms with E-state index in [0.717, 1.165) is 55.1 Å². The molecule has 4 rings (SSSR count). The van der Waals surface area contributed by atoms with Gasteiger partial charge >= 0.3 is 0 Å². The summed E-state index contributed by atoms with van der Waals surface area (Å²) in [6, 6.07) is 8.23. The molecule has 180 valence electrons. The van der Waals surface area contributed by atoms with E-state index in [1.807, 2.05) is 19.1 Å². The lowest BCUT2D eigenvalue weighted by atomic mass is 9.91. The van der Waals surface area contributed by atoms with Gasteiger partial charge in [-0.25, -0.2) is 0 Å². The van der Waals surface area contributed by atoms with Gasteiger partial charge in [0.25, 0.3) is 10.1 Å². The third kappa shape index (κ3) is 4.77. The SMILES string of the molecule is COc1ccc(N2CCN(c3c(C)c(C)c4c(c3C)CC(C)(COS(C)(=O)=O)O4)CC2)cc1. The molecule has 7 nitrogen and oxygen atoms in total. The minimum Gasteiger partial charge on any atom is -0.497 e. The fraction of sp³-hybridized carbons (Fsp3) is 0.520. The maximum Gasteiger partial charge on any atom is 0.264 e. The van der Waals surface area contributed by atoms with Crippen LogP contribution in [0.3, 0.4) is 0 Å². The van der Waals surface area contributed by atoms with Crippen LogP contribution in [0, 0.1) is 20.8 Å². The van der Waals surface area contributed by atoms with Gasteiger partial charge in [-0.2, -0.15) is 8.42 Å². The number of piperazine rings is 1. The molecule has 0 saturated carbocycles. The molecule has 2 heterocycles. The molecule has 0 aliphatic carbocycles. The molecule has 1 atom stereocenters. The smallest absolute Gasteiger partial charge is 0.264 e. The Bertz CT molecular complexity index is 1140. The first-order chi connectivity index (χ1) is 15.5. The number of hydrogen-bond acceptors (Lipinski definition) is 7. The van der Waals surface area contributed by atoms with Gasteiger partial charge in [0.05, 0.1) is 13.4 Å². The van der Waals surface area contributed by atoms with Gasteiger partial charge in [0.1, 0.15) is 23.7 Å². The fourth-order valence-electron chi connectivity index (χ4n) is 4.94. The van der Waals surface area contributed by atoms with Crippen LogP contribution in [0.5, 0.6) is 11.5 Å². The van der Waals surface area contributed by atoms with E-state index in [0.29, 0.717) is 6.42 Å². The number of fused-ring (bicyclic) bond motifs is 1. The molecule has 2 aromatic carbocycles. The van der Waals surface area contributed by atoms with Crippen LogP contribution in [0.15, 0.2) is 24.3 Å². The summed E-state index contributed by atoms with van der Waals surface area (Å²) in [6.07, 6.45) is 1.70. The summed E-state index contributed by atoms with van der Waals surface area (Å²) in [4.78, 5) is 4.88. The topological polar surface area (TPSA) is 68.3 Å². The van der Waals surface area contributed by atoms with E-state index in [1.165, 1.54) is 22.5 Å². The Morgan fingerprint density at radius 3 is 2.15 bits per heavy atom. The van der Waals surface area contributed by atoms with Crippen LogP contribution in [-0.2, 0) is 20.7 Å². The van der Waals surface area contributed by atoms with Crippen LogP contribution in [0.25, 0.3) is 0 Å². The van der Waals surface area contributed by atoms with Crippen LogP contribution in [0.1, 0.15) is 29.2 Å². The second kappa shape index (κ2) is 8.72. The maximum absolute atomic E-state index is 11.5. The Hall–Kier alpha value is -2.45. The molecule has 0 bridgehead atoms. The Labute approximate surface area is 197 Å². The second-order valence-electron chi connectivity index (χ2n) is 9.40. The predicted octanol–water partition coefficient (Wildman–Crippen LogP) is 3.62. The second-order valence-corrected chi connectivity index (χ2v) is 11.0. The van der Waals surface area contributed by atoms with Crippen LogP contribution in [0.2, 0.25) is 0 Å². The lowest BCUT2D eigenvalue weighted by molar-refractivity contribution is 0.0585. The molecule has 2 aliphatic heterocycles. The highest BCUT2D eigenvalue weighted by Gasteiger charge is 2.40. The highest BCUT2D eigenvalue weighted by Crippen LogP contribution is 2.46. The zero-order valence-electron chi connectivity index (χ0n) is 20.4. The van der Waals surface area contributed by atoms with Crippen LogP contribution < -0.4 is 19.3 Å². The minimum absolute atomic E-state index is 0.00824. The first-order valence-electron chi connectivity index (χ1n) is 11.3. The molecule has 0 spiro atoms. The van der Waals surface area contributed by atoms with Crippen LogP contribution in [0.4, 0.5) is 11.4 Å². The average molecular weight is 475 g/mol. The van der Waals surface area contributed by atoms with Gasteiger partial charge in [0.15, 0.2) is 0 Å². The molecule has 2 aliphatic rings. The highest BCUT2D eigenvalue weighted by molar-refractivity contribution is 7.85. The first-order valence-corrected chi connectivity index (χ1v) is 13.1. The average Bonchev–Trinajstić information content (AvgIpc) is 3.15. The number of benzene rings is 2. The first kappa shape index (κ1) is 23.7. The predicted molar refractivity (Wildman–Crippen MR) is 132 cm³/mol. The molecule has 0 aromatic heterocycles. The number of ether oxygens (including phenoxy) is 2. The molecule has 1 saturated heterocycles. The number of rotatable bonds is 6. The summed E-state index contributed by atoms with van der Waals surface area (Å²) in [5, 5.41) is 0. The molecule has 1 fully saturated rings. The van der Waals surface area contributed by atoms with Crippen molar-refractivity contribution in [3.8, 4) is 11.5 Å². The monoisotopic (exact) mass is 474 g/mol. The molecule has 33 heavy (non-hydrogen) atoms. The third-order valence-electron chi connectivity index (χ3n) is 6.85. The molecular formula is C25H34N2O5S. The summed E-state index contributed by atoms with van der Waals surface area (Å²) in [5.41, 5.74) is 6.50. The van der Waals surface area contributed by atoms with E-state index >= 15 is 0 Å². The number of anilines is 2. The molecule has 0 N–H and O–H groups in total. The zero-order valence-corrected chi connectivity index (χ0v) is 21.2. The summed E-state index contributed by atoms with van der Waals surface area (Å²) in [5.74, 6) is 1.75. The van der Waals surface area contributed by atoms with Gasteiger partial charge in [-0.05, 0) is 68.7 Å². The van der Waals surface area contributed by atoms with Gasteiger partial charge in [0.2, 0.25) is 0 Å². The number of hydrogen-bond donors (Lipinski definition) is 0. The summed E-state index contributed by atoms with van der Waals surface area (Å²) < 4.78 is 39.7. The van der Waals surface area contributed by atoms with E-state index in [1.54, 1.807) is 7.11 Å². The van der Waals surface area contributed by atoms with Gasteiger partial charge in [-0.15, -0.1) is 0 Å². The van der Waals surface area contributed by atoms with Crippen molar-refractivity contribution >= 4 is 21.5 Å². The molecule has 0 radical (unpaired) electrons. The van der Waals surface area contributed by atoms with E-state index < -0.39 is 15.7 Å². The van der Waals surface area contributed by atoms with Crippen molar-refractivity contribution in [3.63, 3.8) is 0 Å². The lowest BCUT2D eigenvalue weighted by Crippen LogP contribution is -2.47. The summed E-state index contributed by atoms with van der Waals surface area (Å²) in [6.45, 7) is 12.1. The van der Waals surface area contributed by atoms with Crippen LogP contribution >= 0.6 is 0 Å². The molecular weight excluding hydrogens is 440 g/mol. The van der Waals surface area contributed by atoms with Crippen molar-refractivity contribution in [2.45, 2.75) is 39.7 Å². The lowest BCUT2D eigenvalue weighted by Gasteiger charge is -2.39. The molecule has 8 heteroatoms. The Morgan fingerprint density at radius 2 is 1.58 bits per heavy atom. The van der Waals surface area contributed by atoms with Crippen molar-refractivity contribution in [1.29, 1.82) is 0 Å².